The SMILES string of the molecule is C=C=CCCNC. The maximum Gasteiger partial charge on any atom is -0.00112 e. The van der Waals surface area contributed by atoms with Crippen molar-refractivity contribution in [1.29, 1.82) is 0 Å². The van der Waals surface area contributed by atoms with Gasteiger partial charge < -0.3 is 5.32 Å². The lowest BCUT2D eigenvalue weighted by molar-refractivity contribution is 0.808. The number of rotatable bonds is 3. The normalized spacial score (nSPS) is 7.57. The molecule has 1 heteroatoms. The van der Waals surface area contributed by atoms with Gasteiger partial charge in [0.1, 0.15) is 0 Å². The molecule has 0 radical (unpaired) electrons. The Bertz CT molecular complexity index is 70.2. The third kappa shape index (κ3) is 5.48. The van der Waals surface area contributed by atoms with Crippen LogP contribution in [0.5, 0.6) is 0 Å². The maximum atomic E-state index is 3.42. The minimum Gasteiger partial charge on any atom is -0.319 e. The van der Waals surface area contributed by atoms with Gasteiger partial charge in [0, 0.05) is 0 Å². The minimum atomic E-state index is 1.02. The molecule has 0 bridgehead atoms. The van der Waals surface area contributed by atoms with Crippen LogP contribution >= 0.6 is 0 Å². The molecule has 0 fully saturated rings. The van der Waals surface area contributed by atoms with E-state index in [0.29, 0.717) is 0 Å². The molecule has 0 spiro atoms. The quantitative estimate of drug-likeness (QED) is 0.408. The Balaban J connectivity index is 2.83. The molecular weight excluding hydrogens is 86.1 g/mol. The summed E-state index contributed by atoms with van der Waals surface area (Å²) in [6.07, 6.45) is 2.94. The zero-order valence-corrected chi connectivity index (χ0v) is 4.70. The minimum absolute atomic E-state index is 1.02. The van der Waals surface area contributed by atoms with E-state index in [1.165, 1.54) is 0 Å². The lowest BCUT2D eigenvalue weighted by atomic mass is 10.4. The highest BCUT2D eigenvalue weighted by Gasteiger charge is 1.70. The molecule has 0 aromatic rings. The molecule has 0 saturated heterocycles. The summed E-state index contributed by atoms with van der Waals surface area (Å²) in [5, 5.41) is 3.00. The maximum absolute atomic E-state index is 3.42. The predicted octanol–water partition coefficient (Wildman–Crippen LogP) is 0.937. The highest BCUT2D eigenvalue weighted by atomic mass is 14.8. The van der Waals surface area contributed by atoms with Gasteiger partial charge in [-0.3, -0.25) is 0 Å². The summed E-state index contributed by atoms with van der Waals surface area (Å²) in [7, 11) is 1.93. The van der Waals surface area contributed by atoms with E-state index in [0.717, 1.165) is 13.0 Å². The van der Waals surface area contributed by atoms with Crippen molar-refractivity contribution >= 4 is 0 Å². The zero-order valence-electron chi connectivity index (χ0n) is 4.70. The molecule has 0 aromatic carbocycles. The molecule has 0 aromatic heterocycles. The van der Waals surface area contributed by atoms with Crippen LogP contribution < -0.4 is 5.32 Å². The summed E-state index contributed by atoms with van der Waals surface area (Å²) in [5.41, 5.74) is 2.69. The topological polar surface area (TPSA) is 12.0 Å². The lowest BCUT2D eigenvalue weighted by Crippen LogP contribution is -2.05. The van der Waals surface area contributed by atoms with Gasteiger partial charge in [0.05, 0.1) is 0 Å². The van der Waals surface area contributed by atoms with Crippen LogP contribution in [-0.4, -0.2) is 13.6 Å². The predicted molar refractivity (Wildman–Crippen MR) is 32.3 cm³/mol. The van der Waals surface area contributed by atoms with Crippen LogP contribution in [-0.2, 0) is 0 Å². The fraction of sp³-hybridized carbons (Fsp3) is 0.500. The smallest absolute Gasteiger partial charge is 0.00112 e. The van der Waals surface area contributed by atoms with Crippen molar-refractivity contribution in [2.24, 2.45) is 0 Å². The van der Waals surface area contributed by atoms with Gasteiger partial charge in [-0.15, -0.1) is 5.73 Å². The van der Waals surface area contributed by atoms with Crippen molar-refractivity contribution < 1.29 is 0 Å². The number of hydrogen-bond donors (Lipinski definition) is 1. The summed E-state index contributed by atoms with van der Waals surface area (Å²) in [5.74, 6) is 0. The molecular formula is C6H11N. The monoisotopic (exact) mass is 97.1 g/mol. The van der Waals surface area contributed by atoms with E-state index in [4.69, 9.17) is 0 Å². The molecule has 0 unspecified atom stereocenters. The van der Waals surface area contributed by atoms with E-state index >= 15 is 0 Å². The Kier molecular flexibility index (Phi) is 5.07. The van der Waals surface area contributed by atoms with E-state index in [1.54, 1.807) is 0 Å². The molecule has 0 heterocycles. The van der Waals surface area contributed by atoms with Gasteiger partial charge in [0.2, 0.25) is 0 Å². The molecule has 40 valence electrons. The first kappa shape index (κ1) is 6.48. The van der Waals surface area contributed by atoms with E-state index < -0.39 is 0 Å². The molecule has 0 amide bonds. The largest absolute Gasteiger partial charge is 0.319 e. The molecule has 1 nitrogen and oxygen atoms in total. The number of hydrogen-bond acceptors (Lipinski definition) is 1. The Morgan fingerprint density at radius 1 is 1.86 bits per heavy atom. The Labute approximate surface area is 44.7 Å². The Morgan fingerprint density at radius 2 is 2.57 bits per heavy atom. The van der Waals surface area contributed by atoms with Gasteiger partial charge in [-0.1, -0.05) is 6.58 Å². The first-order valence-corrected chi connectivity index (χ1v) is 2.40. The molecule has 7 heavy (non-hydrogen) atoms. The summed E-state index contributed by atoms with van der Waals surface area (Å²) in [6, 6.07) is 0. The fourth-order valence-electron chi connectivity index (χ4n) is 0.319. The van der Waals surface area contributed by atoms with Crippen LogP contribution in [0.4, 0.5) is 0 Å². The molecule has 0 aliphatic heterocycles. The molecule has 0 atom stereocenters. The van der Waals surface area contributed by atoms with Gasteiger partial charge in [-0.05, 0) is 26.1 Å². The summed E-state index contributed by atoms with van der Waals surface area (Å²) in [4.78, 5) is 0. The number of nitrogens with one attached hydrogen (secondary N) is 1. The molecule has 1 N–H and O–H groups in total. The fourth-order valence-corrected chi connectivity index (χ4v) is 0.319. The van der Waals surface area contributed by atoms with Crippen LogP contribution in [0.1, 0.15) is 6.42 Å². The van der Waals surface area contributed by atoms with E-state index in [2.05, 4.69) is 17.6 Å². The molecule has 0 rings (SSSR count). The Hall–Kier alpha value is -0.520. The summed E-state index contributed by atoms with van der Waals surface area (Å²) < 4.78 is 0. The second-order valence-electron chi connectivity index (χ2n) is 1.30. The zero-order chi connectivity index (χ0) is 5.54. The highest BCUT2D eigenvalue weighted by Crippen LogP contribution is 1.72. The van der Waals surface area contributed by atoms with Gasteiger partial charge >= 0.3 is 0 Å². The molecule has 0 aliphatic rings. The van der Waals surface area contributed by atoms with Crippen LogP contribution in [0.25, 0.3) is 0 Å². The van der Waals surface area contributed by atoms with E-state index in [-0.39, 0.29) is 0 Å². The van der Waals surface area contributed by atoms with Crippen LogP contribution in [0.3, 0.4) is 0 Å². The third-order valence-electron chi connectivity index (χ3n) is 0.683. The van der Waals surface area contributed by atoms with Crippen LogP contribution in [0.2, 0.25) is 0 Å². The van der Waals surface area contributed by atoms with Crippen molar-refractivity contribution in [3.05, 3.63) is 18.4 Å². The van der Waals surface area contributed by atoms with Gasteiger partial charge in [-0.2, -0.15) is 0 Å². The van der Waals surface area contributed by atoms with Crippen molar-refractivity contribution in [2.45, 2.75) is 6.42 Å². The average molecular weight is 97.2 g/mol. The molecule has 0 aliphatic carbocycles. The summed E-state index contributed by atoms with van der Waals surface area (Å²) in [6.45, 7) is 4.44. The first-order chi connectivity index (χ1) is 3.41. The molecule has 0 saturated carbocycles. The Morgan fingerprint density at radius 3 is 3.00 bits per heavy atom. The van der Waals surface area contributed by atoms with Crippen molar-refractivity contribution in [3.63, 3.8) is 0 Å². The van der Waals surface area contributed by atoms with Gasteiger partial charge in [0.15, 0.2) is 0 Å². The van der Waals surface area contributed by atoms with E-state index in [1.807, 2.05) is 13.1 Å². The van der Waals surface area contributed by atoms with Crippen molar-refractivity contribution in [3.8, 4) is 0 Å². The van der Waals surface area contributed by atoms with Gasteiger partial charge in [-0.25, -0.2) is 0 Å². The van der Waals surface area contributed by atoms with E-state index in [9.17, 15) is 0 Å². The second-order valence-corrected chi connectivity index (χ2v) is 1.30. The standard InChI is InChI=1S/C6H11N/c1-3-4-5-6-7-2/h4,7H,1,5-6H2,2H3. The lowest BCUT2D eigenvalue weighted by Gasteiger charge is -1.86. The first-order valence-electron chi connectivity index (χ1n) is 2.40. The third-order valence-corrected chi connectivity index (χ3v) is 0.683. The highest BCUT2D eigenvalue weighted by molar-refractivity contribution is 4.75. The average Bonchev–Trinajstić information content (AvgIpc) is 1.69. The van der Waals surface area contributed by atoms with Gasteiger partial charge in [0.25, 0.3) is 0 Å². The van der Waals surface area contributed by atoms with Crippen molar-refractivity contribution in [1.82, 2.24) is 5.32 Å². The van der Waals surface area contributed by atoms with Crippen molar-refractivity contribution in [2.75, 3.05) is 13.6 Å². The van der Waals surface area contributed by atoms with Crippen LogP contribution in [0.15, 0.2) is 18.4 Å². The summed E-state index contributed by atoms with van der Waals surface area (Å²) >= 11 is 0. The van der Waals surface area contributed by atoms with Crippen LogP contribution in [0, 0.1) is 0 Å². The second kappa shape index (κ2) is 5.48.